The molecule has 0 aromatic carbocycles. The van der Waals surface area contributed by atoms with E-state index in [0.717, 1.165) is 0 Å². The van der Waals surface area contributed by atoms with Crippen LogP contribution in [0.2, 0.25) is 0 Å². The molecular weight excluding hydrogens is 424 g/mol. The molecule has 0 aromatic heterocycles. The molecule has 0 aliphatic heterocycles. The average Bonchev–Trinajstić information content (AvgIpc) is 1.91. The third-order valence-electron chi connectivity index (χ3n) is 1.07. The topological polar surface area (TPSA) is 0 Å². The Morgan fingerprint density at radius 1 is 1.44 bits per heavy atom. The van der Waals surface area contributed by atoms with Crippen molar-refractivity contribution >= 4 is 0 Å². The van der Waals surface area contributed by atoms with Gasteiger partial charge in [0.15, 0.2) is 0 Å². The fourth-order valence-electron chi connectivity index (χ4n) is 0.582. The van der Waals surface area contributed by atoms with Crippen LogP contribution in [0, 0.1) is 0 Å². The molecule has 0 heterocycles. The van der Waals surface area contributed by atoms with Crippen molar-refractivity contribution in [1.82, 2.24) is 0 Å². The summed E-state index contributed by atoms with van der Waals surface area (Å²) in [5, 5.41) is 0. The molecule has 0 saturated carbocycles. The minimum atomic E-state index is 0. The average molecular weight is 431 g/mol. The van der Waals surface area contributed by atoms with E-state index in [4.69, 9.17) is 0 Å². The van der Waals surface area contributed by atoms with Crippen LogP contribution in [0.3, 0.4) is 0 Å². The van der Waals surface area contributed by atoms with E-state index < -0.39 is 0 Å². The van der Waals surface area contributed by atoms with Crippen LogP contribution in [0.5, 0.6) is 0 Å². The Bertz CT molecular complexity index is 138. The quantitative estimate of drug-likeness (QED) is 0.365. The Balaban J connectivity index is 0. The summed E-state index contributed by atoms with van der Waals surface area (Å²) in [6.45, 7) is 2.15. The van der Waals surface area contributed by atoms with E-state index in [9.17, 15) is 0 Å². The fraction of sp³-hybridized carbons (Fsp3) is 0.333. The molecule has 0 N–H and O–H groups in total. The smallest absolute Gasteiger partial charge is 1.00 e. The van der Waals surface area contributed by atoms with E-state index >= 15 is 0 Å². The molecule has 0 spiro atoms. The summed E-state index contributed by atoms with van der Waals surface area (Å²) in [5.41, 5.74) is 1.44. The second kappa shape index (κ2) is 5.84. The minimum absolute atomic E-state index is 0. The zero-order chi connectivity index (χ0) is 5.28. The molecule has 9 heavy (non-hydrogen) atoms. The minimum Gasteiger partial charge on any atom is -1.00 e. The third-order valence-corrected chi connectivity index (χ3v) is 2.50. The van der Waals surface area contributed by atoms with E-state index in [2.05, 4.69) is 38.0 Å². The standard InChI is InChI=1S/C6H7.2BrH.Ir/c1-6-4-2-3-5-6;;;/h2,4H,3H2,1H3;2*1H;/q;;;+2/p-2. The van der Waals surface area contributed by atoms with Gasteiger partial charge in [0.05, 0.1) is 0 Å². The third kappa shape index (κ3) is 3.71. The monoisotopic (exact) mass is 430 g/mol. The number of rotatable bonds is 0. The van der Waals surface area contributed by atoms with Crippen LogP contribution in [0.25, 0.3) is 0 Å². The van der Waals surface area contributed by atoms with Crippen molar-refractivity contribution in [2.75, 3.05) is 0 Å². The first kappa shape index (κ1) is 12.7. The SMILES string of the molecule is CC1=[C]([Ir+2])CC=C1.[Br-].[Br-]. The van der Waals surface area contributed by atoms with Gasteiger partial charge in [0, 0.05) is 0 Å². The molecule has 54 valence electrons. The van der Waals surface area contributed by atoms with Gasteiger partial charge < -0.3 is 34.0 Å². The maximum absolute atomic E-state index is 2.20. The Labute approximate surface area is 87.5 Å². The van der Waals surface area contributed by atoms with Gasteiger partial charge in [-0.1, -0.05) is 0 Å². The predicted octanol–water partition coefficient (Wildman–Crippen LogP) is -4.22. The van der Waals surface area contributed by atoms with Crippen molar-refractivity contribution in [2.45, 2.75) is 13.3 Å². The summed E-state index contributed by atoms with van der Waals surface area (Å²) in [4.78, 5) is 0. The molecule has 1 rings (SSSR count). The van der Waals surface area contributed by atoms with Crippen molar-refractivity contribution in [3.8, 4) is 0 Å². The second-order valence-electron chi connectivity index (χ2n) is 1.67. The summed E-state index contributed by atoms with van der Waals surface area (Å²) in [5.74, 6) is 0. The van der Waals surface area contributed by atoms with Gasteiger partial charge in [-0.3, -0.25) is 0 Å². The van der Waals surface area contributed by atoms with Crippen molar-refractivity contribution < 1.29 is 52.9 Å². The molecular formula is C6H7Br2Ir. The molecule has 0 nitrogen and oxygen atoms in total. The second-order valence-corrected chi connectivity index (χ2v) is 3.11. The predicted molar refractivity (Wildman–Crippen MR) is 26.5 cm³/mol. The summed E-state index contributed by atoms with van der Waals surface area (Å²) in [7, 11) is 0. The van der Waals surface area contributed by atoms with Gasteiger partial charge in [0.1, 0.15) is 0 Å². The normalized spacial score (nSPS) is 14.9. The maximum Gasteiger partial charge on any atom is -1.00 e. The molecule has 0 atom stereocenters. The summed E-state index contributed by atoms with van der Waals surface area (Å²) in [6, 6.07) is 0. The molecule has 0 radical (unpaired) electrons. The van der Waals surface area contributed by atoms with Gasteiger partial charge in [0.25, 0.3) is 0 Å². The Hall–Kier alpha value is 1.09. The van der Waals surface area contributed by atoms with Gasteiger partial charge in [-0.15, -0.1) is 0 Å². The van der Waals surface area contributed by atoms with E-state index in [1.165, 1.54) is 16.1 Å². The fourth-order valence-corrected chi connectivity index (χ4v) is 1.06. The molecule has 0 bridgehead atoms. The zero-order valence-electron chi connectivity index (χ0n) is 4.95. The molecule has 0 fully saturated rings. The van der Waals surface area contributed by atoms with E-state index in [1.807, 2.05) is 0 Å². The van der Waals surface area contributed by atoms with Crippen molar-refractivity contribution in [3.05, 3.63) is 21.8 Å². The van der Waals surface area contributed by atoms with Gasteiger partial charge in [-0.05, 0) is 0 Å². The van der Waals surface area contributed by atoms with Gasteiger partial charge in [0.2, 0.25) is 0 Å². The van der Waals surface area contributed by atoms with Gasteiger partial charge in [-0.25, -0.2) is 0 Å². The molecule has 0 aromatic rings. The van der Waals surface area contributed by atoms with E-state index in [-0.39, 0.29) is 34.0 Å². The van der Waals surface area contributed by atoms with Crippen LogP contribution < -0.4 is 34.0 Å². The van der Waals surface area contributed by atoms with Crippen LogP contribution in [0.4, 0.5) is 0 Å². The summed E-state index contributed by atoms with van der Waals surface area (Å²) in [6.07, 6.45) is 5.55. The number of hydrogen-bond donors (Lipinski definition) is 0. The van der Waals surface area contributed by atoms with Gasteiger partial charge >= 0.3 is 54.1 Å². The largest absolute Gasteiger partial charge is 1.00 e. The number of allylic oxidation sites excluding steroid dienone is 4. The maximum atomic E-state index is 2.20. The van der Waals surface area contributed by atoms with Crippen molar-refractivity contribution in [1.29, 1.82) is 0 Å². The van der Waals surface area contributed by atoms with Gasteiger partial charge in [-0.2, -0.15) is 0 Å². The molecule has 1 aliphatic rings. The van der Waals surface area contributed by atoms with Crippen LogP contribution in [0.15, 0.2) is 21.8 Å². The summed E-state index contributed by atoms with van der Waals surface area (Å²) >= 11 is 2.18. The molecule has 0 saturated heterocycles. The first-order chi connectivity index (χ1) is 3.30. The molecule has 3 heteroatoms. The number of halogens is 2. The first-order valence-corrected chi connectivity index (χ1v) is 3.50. The Kier molecular flexibility index (Phi) is 8.27. The zero-order valence-corrected chi connectivity index (χ0v) is 10.5. The Morgan fingerprint density at radius 3 is 2.11 bits per heavy atom. The van der Waals surface area contributed by atoms with Crippen molar-refractivity contribution in [2.24, 2.45) is 0 Å². The van der Waals surface area contributed by atoms with Crippen LogP contribution in [-0.4, -0.2) is 0 Å². The van der Waals surface area contributed by atoms with Crippen LogP contribution >= 0.6 is 0 Å². The molecule has 0 unspecified atom stereocenters. The Morgan fingerprint density at radius 2 is 2.00 bits per heavy atom. The molecule has 1 aliphatic carbocycles. The first-order valence-electron chi connectivity index (χ1n) is 2.30. The van der Waals surface area contributed by atoms with E-state index in [1.54, 1.807) is 0 Å². The van der Waals surface area contributed by atoms with E-state index in [0.29, 0.717) is 0 Å². The molecule has 0 amide bonds. The van der Waals surface area contributed by atoms with Crippen molar-refractivity contribution in [3.63, 3.8) is 0 Å². The van der Waals surface area contributed by atoms with Crippen LogP contribution in [-0.2, 0) is 18.9 Å². The number of hydrogen-bond acceptors (Lipinski definition) is 0. The van der Waals surface area contributed by atoms with Crippen LogP contribution in [0.1, 0.15) is 13.3 Å². The summed E-state index contributed by atoms with van der Waals surface area (Å²) < 4.78 is 1.51.